The highest BCUT2D eigenvalue weighted by Gasteiger charge is 2.42. The van der Waals surface area contributed by atoms with Crippen LogP contribution in [0.4, 0.5) is 5.69 Å². The normalized spacial score (nSPS) is 16.2. The number of amides is 1. The van der Waals surface area contributed by atoms with Crippen molar-refractivity contribution in [3.63, 3.8) is 0 Å². The smallest absolute Gasteiger partial charge is 0.320 e. The van der Waals surface area contributed by atoms with Gasteiger partial charge < -0.3 is 10.4 Å². The van der Waals surface area contributed by atoms with Crippen LogP contribution in [0.25, 0.3) is 0 Å². The molecule has 1 saturated carbocycles. The van der Waals surface area contributed by atoms with Crippen LogP contribution < -0.4 is 5.32 Å². The van der Waals surface area contributed by atoms with E-state index < -0.39 is 28.0 Å². The maximum absolute atomic E-state index is 12.1. The quantitative estimate of drug-likeness (QED) is 0.596. The van der Waals surface area contributed by atoms with Crippen LogP contribution in [0.5, 0.6) is 0 Å². The largest absolute Gasteiger partial charge is 0.481 e. The predicted octanol–water partition coefficient (Wildman–Crippen LogP) is 0.455. The molecule has 1 aromatic heterocycles. The number of nitro groups is 1. The van der Waals surface area contributed by atoms with Crippen molar-refractivity contribution in [3.05, 3.63) is 22.0 Å². The van der Waals surface area contributed by atoms with E-state index in [1.54, 1.807) is 0 Å². The van der Waals surface area contributed by atoms with E-state index in [-0.39, 0.29) is 12.1 Å². The lowest BCUT2D eigenvalue weighted by Gasteiger charge is -2.41. The molecule has 9 nitrogen and oxygen atoms in total. The summed E-state index contributed by atoms with van der Waals surface area (Å²) in [4.78, 5) is 33.1. The van der Waals surface area contributed by atoms with Crippen LogP contribution in [0, 0.1) is 10.1 Å². The van der Waals surface area contributed by atoms with Gasteiger partial charge in [0.15, 0.2) is 0 Å². The summed E-state index contributed by atoms with van der Waals surface area (Å²) in [6.45, 7) is 0. The number of carbonyl (C=O) groups excluding carboxylic acids is 1. The molecule has 0 saturated heterocycles. The van der Waals surface area contributed by atoms with Crippen LogP contribution in [0.1, 0.15) is 36.2 Å². The van der Waals surface area contributed by atoms with Crippen LogP contribution in [-0.4, -0.2) is 37.2 Å². The molecular formula is C11H14N4O5. The number of hydrogen-bond acceptors (Lipinski definition) is 5. The van der Waals surface area contributed by atoms with Gasteiger partial charge in [0, 0.05) is 7.05 Å². The highest BCUT2D eigenvalue weighted by atomic mass is 16.6. The third kappa shape index (κ3) is 2.60. The van der Waals surface area contributed by atoms with Crippen molar-refractivity contribution >= 4 is 17.6 Å². The van der Waals surface area contributed by atoms with Gasteiger partial charge in [-0.15, -0.1) is 0 Å². The Morgan fingerprint density at radius 3 is 2.70 bits per heavy atom. The summed E-state index contributed by atoms with van der Waals surface area (Å²) in [6.07, 6.45) is 2.86. The van der Waals surface area contributed by atoms with E-state index in [0.29, 0.717) is 12.8 Å². The Kier molecular flexibility index (Phi) is 3.43. The predicted molar refractivity (Wildman–Crippen MR) is 66.2 cm³/mol. The minimum absolute atomic E-state index is 0.195. The number of hydrogen-bond donors (Lipinski definition) is 2. The summed E-state index contributed by atoms with van der Waals surface area (Å²) in [5, 5.41) is 26.1. The van der Waals surface area contributed by atoms with Crippen molar-refractivity contribution < 1.29 is 19.6 Å². The fraction of sp³-hybridized carbons (Fsp3) is 0.545. The average Bonchev–Trinajstić information content (AvgIpc) is 2.68. The van der Waals surface area contributed by atoms with Crippen molar-refractivity contribution in [1.82, 2.24) is 15.1 Å². The molecule has 108 valence electrons. The standard InChI is InChI=1S/C11H14N4O5/c1-14-6-7(15(19)20)9(13-14)10(18)12-11(3-2-4-11)5-8(16)17/h6H,2-5H2,1H3,(H,12,18)(H,16,17). The number of rotatable bonds is 5. The van der Waals surface area contributed by atoms with Gasteiger partial charge in [-0.3, -0.25) is 24.4 Å². The number of carboxylic acids is 1. The zero-order valence-corrected chi connectivity index (χ0v) is 10.8. The van der Waals surface area contributed by atoms with Gasteiger partial charge in [-0.2, -0.15) is 5.10 Å². The number of aryl methyl sites for hydroxylation is 1. The third-order valence-corrected chi connectivity index (χ3v) is 3.40. The zero-order valence-electron chi connectivity index (χ0n) is 10.8. The molecule has 0 spiro atoms. The topological polar surface area (TPSA) is 127 Å². The SMILES string of the molecule is Cn1cc([N+](=O)[O-])c(C(=O)NC2(CC(=O)O)CCC2)n1. The van der Waals surface area contributed by atoms with Crippen molar-refractivity contribution in [1.29, 1.82) is 0 Å². The molecular weight excluding hydrogens is 268 g/mol. The van der Waals surface area contributed by atoms with Crippen LogP contribution in [0.2, 0.25) is 0 Å². The Morgan fingerprint density at radius 1 is 1.60 bits per heavy atom. The van der Waals surface area contributed by atoms with Gasteiger partial charge in [0.2, 0.25) is 5.69 Å². The van der Waals surface area contributed by atoms with Gasteiger partial charge in [-0.25, -0.2) is 0 Å². The summed E-state index contributed by atoms with van der Waals surface area (Å²) >= 11 is 0. The maximum Gasteiger partial charge on any atom is 0.320 e. The Bertz CT molecular complexity index is 575. The molecule has 0 aliphatic heterocycles. The van der Waals surface area contributed by atoms with Gasteiger partial charge in [0.1, 0.15) is 6.20 Å². The second-order valence-electron chi connectivity index (χ2n) is 4.95. The molecule has 9 heteroatoms. The molecule has 20 heavy (non-hydrogen) atoms. The van der Waals surface area contributed by atoms with Gasteiger partial charge in [0.05, 0.1) is 16.9 Å². The van der Waals surface area contributed by atoms with Crippen molar-refractivity contribution in [2.24, 2.45) is 7.05 Å². The highest BCUT2D eigenvalue weighted by molar-refractivity contribution is 5.96. The first-order chi connectivity index (χ1) is 9.33. The number of nitrogens with zero attached hydrogens (tertiary/aromatic N) is 3. The minimum atomic E-state index is -1.01. The van der Waals surface area contributed by atoms with E-state index in [0.717, 1.165) is 12.6 Å². The summed E-state index contributed by atoms with van der Waals surface area (Å²) in [5.74, 6) is -1.72. The monoisotopic (exact) mass is 282 g/mol. The molecule has 0 unspecified atom stereocenters. The Labute approximate surface area is 113 Å². The summed E-state index contributed by atoms with van der Waals surface area (Å²) in [7, 11) is 1.47. The summed E-state index contributed by atoms with van der Waals surface area (Å²) in [5.41, 5.74) is -1.50. The maximum atomic E-state index is 12.1. The van der Waals surface area contributed by atoms with Crippen LogP contribution >= 0.6 is 0 Å². The van der Waals surface area contributed by atoms with E-state index in [9.17, 15) is 19.7 Å². The Morgan fingerprint density at radius 2 is 2.25 bits per heavy atom. The number of carboxylic acid groups (broad SMARTS) is 1. The Hall–Kier alpha value is -2.45. The second-order valence-corrected chi connectivity index (χ2v) is 4.95. The average molecular weight is 282 g/mol. The first-order valence-electron chi connectivity index (χ1n) is 6.05. The van der Waals surface area contributed by atoms with Crippen LogP contribution in [0.3, 0.4) is 0 Å². The van der Waals surface area contributed by atoms with Gasteiger partial charge >= 0.3 is 11.7 Å². The van der Waals surface area contributed by atoms with Crippen molar-refractivity contribution in [2.75, 3.05) is 0 Å². The molecule has 2 rings (SSSR count). The van der Waals surface area contributed by atoms with Crippen LogP contribution in [0.15, 0.2) is 6.20 Å². The fourth-order valence-corrected chi connectivity index (χ4v) is 2.31. The Balaban J connectivity index is 2.19. The molecule has 0 atom stereocenters. The minimum Gasteiger partial charge on any atom is -0.481 e. The molecule has 1 amide bonds. The molecule has 0 aromatic carbocycles. The van der Waals surface area contributed by atoms with E-state index in [1.165, 1.54) is 11.7 Å². The van der Waals surface area contributed by atoms with E-state index in [2.05, 4.69) is 10.4 Å². The number of nitrogens with one attached hydrogen (secondary N) is 1. The van der Waals surface area contributed by atoms with Gasteiger partial charge in [-0.05, 0) is 19.3 Å². The van der Waals surface area contributed by atoms with Gasteiger partial charge in [-0.1, -0.05) is 0 Å². The molecule has 1 aliphatic rings. The summed E-state index contributed by atoms with van der Waals surface area (Å²) < 4.78 is 1.18. The third-order valence-electron chi connectivity index (χ3n) is 3.40. The number of carbonyl (C=O) groups is 2. The molecule has 0 bridgehead atoms. The molecule has 1 aromatic rings. The lowest BCUT2D eigenvalue weighted by Crippen LogP contribution is -2.54. The van der Waals surface area contributed by atoms with E-state index >= 15 is 0 Å². The first-order valence-corrected chi connectivity index (χ1v) is 6.05. The highest BCUT2D eigenvalue weighted by Crippen LogP contribution is 2.35. The fourth-order valence-electron chi connectivity index (χ4n) is 2.31. The number of aliphatic carboxylic acids is 1. The zero-order chi connectivity index (χ0) is 14.9. The molecule has 2 N–H and O–H groups in total. The van der Waals surface area contributed by atoms with Crippen LogP contribution in [-0.2, 0) is 11.8 Å². The lowest BCUT2D eigenvalue weighted by atomic mass is 9.74. The number of aromatic nitrogens is 2. The van der Waals surface area contributed by atoms with Crippen molar-refractivity contribution in [3.8, 4) is 0 Å². The van der Waals surface area contributed by atoms with E-state index in [4.69, 9.17) is 5.11 Å². The summed E-state index contributed by atoms with van der Waals surface area (Å²) in [6, 6.07) is 0. The molecule has 1 heterocycles. The molecule has 1 fully saturated rings. The lowest BCUT2D eigenvalue weighted by molar-refractivity contribution is -0.385. The first kappa shape index (κ1) is 14.0. The van der Waals surface area contributed by atoms with Crippen molar-refractivity contribution in [2.45, 2.75) is 31.2 Å². The second kappa shape index (κ2) is 4.91. The molecule has 0 radical (unpaired) electrons. The van der Waals surface area contributed by atoms with Gasteiger partial charge in [0.25, 0.3) is 5.91 Å². The molecule has 1 aliphatic carbocycles. The van der Waals surface area contributed by atoms with E-state index in [1.807, 2.05) is 0 Å².